The molecule has 1 fully saturated rings. The van der Waals surface area contributed by atoms with E-state index in [0.717, 1.165) is 13.1 Å². The quantitative estimate of drug-likeness (QED) is 0.798. The van der Waals surface area contributed by atoms with Crippen molar-refractivity contribution in [3.05, 3.63) is 34.6 Å². The van der Waals surface area contributed by atoms with Crippen LogP contribution in [0.2, 0.25) is 5.02 Å². The predicted molar refractivity (Wildman–Crippen MR) is 55.5 cm³/mol. The van der Waals surface area contributed by atoms with Crippen molar-refractivity contribution in [2.24, 2.45) is 0 Å². The fourth-order valence-corrected chi connectivity index (χ4v) is 1.48. The molecular weight excluding hydrogens is 219 g/mol. The third-order valence-corrected chi connectivity index (χ3v) is 2.59. The number of amides is 1. The summed E-state index contributed by atoms with van der Waals surface area (Å²) < 4.78 is 12.8. The van der Waals surface area contributed by atoms with Crippen LogP contribution in [0.25, 0.3) is 0 Å². The first kappa shape index (κ1) is 10.4. The van der Waals surface area contributed by atoms with Crippen LogP contribution in [-0.2, 0) is 0 Å². The molecule has 2 N–H and O–H groups in total. The first-order chi connectivity index (χ1) is 7.16. The van der Waals surface area contributed by atoms with Crippen molar-refractivity contribution in [2.75, 3.05) is 13.1 Å². The molecule has 0 atom stereocenters. The number of carbonyl (C=O) groups is 1. The molecule has 1 heterocycles. The average Bonchev–Trinajstić information content (AvgIpc) is 2.15. The third kappa shape index (κ3) is 2.27. The van der Waals surface area contributed by atoms with Gasteiger partial charge in [0.05, 0.1) is 11.1 Å². The van der Waals surface area contributed by atoms with E-state index in [0.29, 0.717) is 5.56 Å². The van der Waals surface area contributed by atoms with Crippen molar-refractivity contribution < 1.29 is 9.18 Å². The predicted octanol–water partition coefficient (Wildman–Crippen LogP) is 1.18. The molecule has 1 aliphatic heterocycles. The second-order valence-electron chi connectivity index (χ2n) is 3.46. The molecule has 0 radical (unpaired) electrons. The van der Waals surface area contributed by atoms with Gasteiger partial charge in [-0.3, -0.25) is 4.79 Å². The first-order valence-electron chi connectivity index (χ1n) is 4.63. The number of hydrogen-bond donors (Lipinski definition) is 2. The molecule has 1 amide bonds. The zero-order valence-electron chi connectivity index (χ0n) is 7.89. The Morgan fingerprint density at radius 2 is 2.27 bits per heavy atom. The van der Waals surface area contributed by atoms with Gasteiger partial charge in [0.25, 0.3) is 5.91 Å². The van der Waals surface area contributed by atoms with E-state index in [1.807, 2.05) is 0 Å². The smallest absolute Gasteiger partial charge is 0.251 e. The Balaban J connectivity index is 2.07. The molecule has 0 saturated carbocycles. The van der Waals surface area contributed by atoms with Crippen molar-refractivity contribution >= 4 is 17.5 Å². The lowest BCUT2D eigenvalue weighted by molar-refractivity contribution is 0.0924. The van der Waals surface area contributed by atoms with Crippen LogP contribution < -0.4 is 10.6 Å². The zero-order chi connectivity index (χ0) is 10.8. The zero-order valence-corrected chi connectivity index (χ0v) is 8.64. The van der Waals surface area contributed by atoms with Crippen LogP contribution in [0.3, 0.4) is 0 Å². The van der Waals surface area contributed by atoms with Gasteiger partial charge in [0.2, 0.25) is 0 Å². The normalized spacial score (nSPS) is 15.9. The minimum Gasteiger partial charge on any atom is -0.347 e. The highest BCUT2D eigenvalue weighted by Gasteiger charge is 2.19. The Kier molecular flexibility index (Phi) is 2.88. The summed E-state index contributed by atoms with van der Waals surface area (Å²) in [4.78, 5) is 11.6. The number of carbonyl (C=O) groups excluding carboxylic acids is 1. The summed E-state index contributed by atoms with van der Waals surface area (Å²) in [5.41, 5.74) is 0.383. The molecule has 5 heteroatoms. The highest BCUT2D eigenvalue weighted by atomic mass is 35.5. The molecule has 0 aliphatic carbocycles. The fraction of sp³-hybridized carbons (Fsp3) is 0.300. The second-order valence-corrected chi connectivity index (χ2v) is 3.86. The lowest BCUT2D eigenvalue weighted by atomic mass is 10.1. The topological polar surface area (TPSA) is 41.1 Å². The Bertz CT molecular complexity index is 393. The maximum Gasteiger partial charge on any atom is 0.251 e. The van der Waals surface area contributed by atoms with Crippen LogP contribution in [0, 0.1) is 5.82 Å². The minimum atomic E-state index is -0.515. The Labute approximate surface area is 91.6 Å². The van der Waals surface area contributed by atoms with E-state index in [2.05, 4.69) is 10.6 Å². The Hall–Kier alpha value is -1.13. The standard InChI is InChI=1S/C10H10ClFN2O/c11-8-3-6(1-2-9(8)12)10(15)14-7-4-13-5-7/h1-3,7,13H,4-5H2,(H,14,15). The maximum absolute atomic E-state index is 12.8. The van der Waals surface area contributed by atoms with Gasteiger partial charge in [0.15, 0.2) is 0 Å². The fourth-order valence-electron chi connectivity index (χ4n) is 1.30. The van der Waals surface area contributed by atoms with Gasteiger partial charge < -0.3 is 10.6 Å². The molecule has 80 valence electrons. The number of rotatable bonds is 2. The van der Waals surface area contributed by atoms with Crippen molar-refractivity contribution in [3.8, 4) is 0 Å². The van der Waals surface area contributed by atoms with Gasteiger partial charge in [-0.15, -0.1) is 0 Å². The summed E-state index contributed by atoms with van der Waals surface area (Å²) in [5, 5.41) is 5.80. The molecule has 0 unspecified atom stereocenters. The third-order valence-electron chi connectivity index (χ3n) is 2.30. The van der Waals surface area contributed by atoms with Gasteiger partial charge in [-0.25, -0.2) is 4.39 Å². The van der Waals surface area contributed by atoms with Crippen molar-refractivity contribution in [3.63, 3.8) is 0 Å². The summed E-state index contributed by atoms with van der Waals surface area (Å²) >= 11 is 5.57. The summed E-state index contributed by atoms with van der Waals surface area (Å²) in [6.07, 6.45) is 0. The molecular formula is C10H10ClFN2O. The van der Waals surface area contributed by atoms with E-state index in [1.165, 1.54) is 18.2 Å². The van der Waals surface area contributed by atoms with Crippen LogP contribution >= 0.6 is 11.6 Å². The summed E-state index contributed by atoms with van der Waals surface area (Å²) in [6.45, 7) is 1.56. The van der Waals surface area contributed by atoms with Crippen LogP contribution in [0.4, 0.5) is 4.39 Å². The van der Waals surface area contributed by atoms with Gasteiger partial charge in [-0.05, 0) is 18.2 Å². The Morgan fingerprint density at radius 3 is 2.80 bits per heavy atom. The van der Waals surface area contributed by atoms with E-state index < -0.39 is 5.82 Å². The maximum atomic E-state index is 12.8. The summed E-state index contributed by atoms with van der Waals surface area (Å²) in [6, 6.07) is 4.11. The molecule has 3 nitrogen and oxygen atoms in total. The summed E-state index contributed by atoms with van der Waals surface area (Å²) in [5.74, 6) is -0.734. The molecule has 1 aromatic rings. The van der Waals surface area contributed by atoms with Crippen molar-refractivity contribution in [1.82, 2.24) is 10.6 Å². The average molecular weight is 229 g/mol. The van der Waals surface area contributed by atoms with Gasteiger partial charge >= 0.3 is 0 Å². The lowest BCUT2D eigenvalue weighted by Gasteiger charge is -2.27. The van der Waals surface area contributed by atoms with Crippen molar-refractivity contribution in [1.29, 1.82) is 0 Å². The molecule has 15 heavy (non-hydrogen) atoms. The van der Waals surface area contributed by atoms with Gasteiger partial charge in [-0.2, -0.15) is 0 Å². The molecule has 1 aromatic carbocycles. The van der Waals surface area contributed by atoms with Crippen LogP contribution in [-0.4, -0.2) is 25.0 Å². The second kappa shape index (κ2) is 4.16. The number of hydrogen-bond acceptors (Lipinski definition) is 2. The summed E-state index contributed by atoms with van der Waals surface area (Å²) in [7, 11) is 0. The number of nitrogens with one attached hydrogen (secondary N) is 2. The van der Waals surface area contributed by atoms with Crippen LogP contribution in [0.15, 0.2) is 18.2 Å². The van der Waals surface area contributed by atoms with Crippen LogP contribution in [0.5, 0.6) is 0 Å². The molecule has 2 rings (SSSR count). The van der Waals surface area contributed by atoms with E-state index in [-0.39, 0.29) is 17.0 Å². The SMILES string of the molecule is O=C(NC1CNC1)c1ccc(F)c(Cl)c1. The van der Waals surface area contributed by atoms with Gasteiger partial charge in [0, 0.05) is 18.7 Å². The van der Waals surface area contributed by atoms with Gasteiger partial charge in [-0.1, -0.05) is 11.6 Å². The monoisotopic (exact) mass is 228 g/mol. The van der Waals surface area contributed by atoms with E-state index in [4.69, 9.17) is 11.6 Å². The molecule has 1 saturated heterocycles. The molecule has 1 aliphatic rings. The van der Waals surface area contributed by atoms with Crippen molar-refractivity contribution in [2.45, 2.75) is 6.04 Å². The lowest BCUT2D eigenvalue weighted by Crippen LogP contribution is -2.56. The first-order valence-corrected chi connectivity index (χ1v) is 5.01. The molecule has 0 bridgehead atoms. The van der Waals surface area contributed by atoms with E-state index in [1.54, 1.807) is 0 Å². The minimum absolute atomic E-state index is 0.0330. The highest BCUT2D eigenvalue weighted by Crippen LogP contribution is 2.16. The molecule has 0 spiro atoms. The number of benzene rings is 1. The largest absolute Gasteiger partial charge is 0.347 e. The van der Waals surface area contributed by atoms with Crippen LogP contribution in [0.1, 0.15) is 10.4 Å². The van der Waals surface area contributed by atoms with E-state index >= 15 is 0 Å². The van der Waals surface area contributed by atoms with Gasteiger partial charge in [0.1, 0.15) is 5.82 Å². The highest BCUT2D eigenvalue weighted by molar-refractivity contribution is 6.31. The van der Waals surface area contributed by atoms with E-state index in [9.17, 15) is 9.18 Å². The molecule has 0 aromatic heterocycles. The Morgan fingerprint density at radius 1 is 1.53 bits per heavy atom. The number of halogens is 2.